The lowest BCUT2D eigenvalue weighted by atomic mass is 10.1. The molecule has 2 nitrogen and oxygen atoms in total. The minimum Gasteiger partial charge on any atom is -0.299 e. The molecule has 0 aliphatic heterocycles. The number of rotatable bonds is 6. The zero-order valence-corrected chi connectivity index (χ0v) is 11.5. The molecule has 1 aromatic heterocycles. The molecule has 2 rings (SSSR count). The summed E-state index contributed by atoms with van der Waals surface area (Å²) in [6, 6.07) is 10.4. The standard InChI is InChI=1S/C15H19ClN2/c1-2-18(11-5-9-16)12-13-8-10-17-15-7-4-3-6-14(13)15/h3-4,6-8,10H,2,5,9,11-12H2,1H3. The summed E-state index contributed by atoms with van der Waals surface area (Å²) in [6.07, 6.45) is 2.94. The van der Waals surface area contributed by atoms with Crippen molar-refractivity contribution in [2.24, 2.45) is 0 Å². The Bertz CT molecular complexity index is 493. The third-order valence-corrected chi connectivity index (χ3v) is 3.46. The van der Waals surface area contributed by atoms with Crippen LogP contribution in [0, 0.1) is 0 Å². The zero-order chi connectivity index (χ0) is 12.8. The summed E-state index contributed by atoms with van der Waals surface area (Å²) in [5, 5.41) is 1.25. The van der Waals surface area contributed by atoms with E-state index in [-0.39, 0.29) is 0 Å². The van der Waals surface area contributed by atoms with Gasteiger partial charge in [-0.1, -0.05) is 25.1 Å². The minimum absolute atomic E-state index is 0.730. The Morgan fingerprint density at radius 3 is 2.83 bits per heavy atom. The second-order valence-corrected chi connectivity index (χ2v) is 4.78. The van der Waals surface area contributed by atoms with E-state index >= 15 is 0 Å². The summed E-state index contributed by atoms with van der Waals surface area (Å²) < 4.78 is 0. The van der Waals surface area contributed by atoms with E-state index in [0.717, 1.165) is 37.5 Å². The molecule has 0 amide bonds. The Kier molecular flexibility index (Phi) is 4.97. The Labute approximate surface area is 114 Å². The molecule has 1 heterocycles. The first kappa shape index (κ1) is 13.3. The van der Waals surface area contributed by atoms with Crippen LogP contribution in [0.25, 0.3) is 10.9 Å². The lowest BCUT2D eigenvalue weighted by molar-refractivity contribution is 0.282. The predicted octanol–water partition coefficient (Wildman–Crippen LogP) is 3.69. The number of halogens is 1. The molecule has 18 heavy (non-hydrogen) atoms. The average Bonchev–Trinajstić information content (AvgIpc) is 2.43. The lowest BCUT2D eigenvalue weighted by Gasteiger charge is -2.20. The fourth-order valence-corrected chi connectivity index (χ4v) is 2.29. The van der Waals surface area contributed by atoms with Crippen LogP contribution in [0.4, 0.5) is 0 Å². The molecule has 0 bridgehead atoms. The maximum atomic E-state index is 5.76. The molecule has 1 aromatic carbocycles. The number of benzene rings is 1. The summed E-state index contributed by atoms with van der Waals surface area (Å²) in [5.41, 5.74) is 2.42. The molecule has 0 saturated carbocycles. The van der Waals surface area contributed by atoms with Gasteiger partial charge in [-0.2, -0.15) is 0 Å². The number of nitrogens with zero attached hydrogens (tertiary/aromatic N) is 2. The van der Waals surface area contributed by atoms with Gasteiger partial charge in [0.15, 0.2) is 0 Å². The summed E-state index contributed by atoms with van der Waals surface area (Å²) in [5.74, 6) is 0.730. The first-order chi connectivity index (χ1) is 8.85. The molecule has 0 aliphatic rings. The monoisotopic (exact) mass is 262 g/mol. The number of pyridine rings is 1. The summed E-state index contributed by atoms with van der Waals surface area (Å²) in [6.45, 7) is 5.26. The molecular weight excluding hydrogens is 244 g/mol. The van der Waals surface area contributed by atoms with E-state index in [0.29, 0.717) is 0 Å². The quantitative estimate of drug-likeness (QED) is 0.738. The largest absolute Gasteiger partial charge is 0.299 e. The zero-order valence-electron chi connectivity index (χ0n) is 10.8. The predicted molar refractivity (Wildman–Crippen MR) is 78.0 cm³/mol. The van der Waals surface area contributed by atoms with Crippen molar-refractivity contribution in [3.8, 4) is 0 Å². The Hall–Kier alpha value is -1.12. The van der Waals surface area contributed by atoms with Crippen LogP contribution in [0.1, 0.15) is 18.9 Å². The summed E-state index contributed by atoms with van der Waals surface area (Å²) in [4.78, 5) is 6.82. The van der Waals surface area contributed by atoms with Gasteiger partial charge in [-0.25, -0.2) is 0 Å². The van der Waals surface area contributed by atoms with Gasteiger partial charge in [0.1, 0.15) is 0 Å². The molecule has 2 aromatic rings. The number of hydrogen-bond acceptors (Lipinski definition) is 2. The normalized spacial score (nSPS) is 11.3. The van der Waals surface area contributed by atoms with Crippen molar-refractivity contribution >= 4 is 22.5 Å². The highest BCUT2D eigenvalue weighted by atomic mass is 35.5. The van der Waals surface area contributed by atoms with E-state index < -0.39 is 0 Å². The van der Waals surface area contributed by atoms with Gasteiger partial charge in [0.05, 0.1) is 5.52 Å². The van der Waals surface area contributed by atoms with E-state index in [1.54, 1.807) is 0 Å². The molecule has 0 atom stereocenters. The van der Waals surface area contributed by atoms with Crippen LogP contribution in [0.5, 0.6) is 0 Å². The van der Waals surface area contributed by atoms with E-state index in [1.807, 2.05) is 12.3 Å². The van der Waals surface area contributed by atoms with Crippen molar-refractivity contribution in [2.45, 2.75) is 19.9 Å². The Morgan fingerprint density at radius 2 is 2.06 bits per heavy atom. The van der Waals surface area contributed by atoms with Crippen molar-refractivity contribution in [2.75, 3.05) is 19.0 Å². The van der Waals surface area contributed by atoms with Gasteiger partial charge in [-0.15, -0.1) is 11.6 Å². The maximum absolute atomic E-state index is 5.76. The molecule has 0 saturated heterocycles. The van der Waals surface area contributed by atoms with Crippen molar-refractivity contribution in [1.82, 2.24) is 9.88 Å². The second-order valence-electron chi connectivity index (χ2n) is 4.40. The highest BCUT2D eigenvalue weighted by molar-refractivity contribution is 6.17. The number of aromatic nitrogens is 1. The average molecular weight is 263 g/mol. The van der Waals surface area contributed by atoms with E-state index in [1.165, 1.54) is 10.9 Å². The third-order valence-electron chi connectivity index (χ3n) is 3.19. The van der Waals surface area contributed by atoms with Crippen molar-refractivity contribution in [3.05, 3.63) is 42.1 Å². The second kappa shape index (κ2) is 6.72. The molecule has 0 aliphatic carbocycles. The van der Waals surface area contributed by atoms with E-state index in [2.05, 4.69) is 41.1 Å². The van der Waals surface area contributed by atoms with Crippen LogP contribution < -0.4 is 0 Å². The molecular formula is C15H19ClN2. The summed E-state index contributed by atoms with van der Waals surface area (Å²) >= 11 is 5.76. The summed E-state index contributed by atoms with van der Waals surface area (Å²) in [7, 11) is 0. The van der Waals surface area contributed by atoms with Crippen molar-refractivity contribution in [3.63, 3.8) is 0 Å². The van der Waals surface area contributed by atoms with Crippen LogP contribution in [0.2, 0.25) is 0 Å². The number of para-hydroxylation sites is 1. The smallest absolute Gasteiger partial charge is 0.0705 e. The van der Waals surface area contributed by atoms with Crippen LogP contribution in [0.15, 0.2) is 36.5 Å². The molecule has 0 unspecified atom stereocenters. The molecule has 0 spiro atoms. The maximum Gasteiger partial charge on any atom is 0.0705 e. The van der Waals surface area contributed by atoms with Crippen LogP contribution in [-0.4, -0.2) is 28.9 Å². The van der Waals surface area contributed by atoms with Gasteiger partial charge < -0.3 is 0 Å². The highest BCUT2D eigenvalue weighted by Gasteiger charge is 2.06. The van der Waals surface area contributed by atoms with E-state index in [4.69, 9.17) is 11.6 Å². The van der Waals surface area contributed by atoms with Crippen LogP contribution >= 0.6 is 11.6 Å². The Balaban J connectivity index is 2.19. The molecule has 3 heteroatoms. The van der Waals surface area contributed by atoms with Crippen molar-refractivity contribution < 1.29 is 0 Å². The van der Waals surface area contributed by atoms with Crippen LogP contribution in [0.3, 0.4) is 0 Å². The first-order valence-electron chi connectivity index (χ1n) is 6.46. The number of fused-ring (bicyclic) bond motifs is 1. The molecule has 0 fully saturated rings. The van der Waals surface area contributed by atoms with Crippen molar-refractivity contribution in [1.29, 1.82) is 0 Å². The lowest BCUT2D eigenvalue weighted by Crippen LogP contribution is -2.24. The molecule has 96 valence electrons. The van der Waals surface area contributed by atoms with Gasteiger partial charge in [0.25, 0.3) is 0 Å². The topological polar surface area (TPSA) is 16.1 Å². The van der Waals surface area contributed by atoms with Gasteiger partial charge in [-0.3, -0.25) is 9.88 Å². The number of alkyl halides is 1. The number of hydrogen-bond donors (Lipinski definition) is 0. The fraction of sp³-hybridized carbons (Fsp3) is 0.400. The third kappa shape index (κ3) is 3.21. The van der Waals surface area contributed by atoms with Gasteiger partial charge in [-0.05, 0) is 37.2 Å². The molecule has 0 N–H and O–H groups in total. The SMILES string of the molecule is CCN(CCCCl)Cc1ccnc2ccccc12. The van der Waals surface area contributed by atoms with Crippen LogP contribution in [-0.2, 0) is 6.54 Å². The molecule has 0 radical (unpaired) electrons. The first-order valence-corrected chi connectivity index (χ1v) is 6.99. The van der Waals surface area contributed by atoms with Gasteiger partial charge in [0, 0.05) is 24.0 Å². The van der Waals surface area contributed by atoms with E-state index in [9.17, 15) is 0 Å². The fourth-order valence-electron chi connectivity index (χ4n) is 2.17. The highest BCUT2D eigenvalue weighted by Crippen LogP contribution is 2.17. The van der Waals surface area contributed by atoms with Gasteiger partial charge in [0.2, 0.25) is 0 Å². The minimum atomic E-state index is 0.730. The Morgan fingerprint density at radius 1 is 1.22 bits per heavy atom. The van der Waals surface area contributed by atoms with Gasteiger partial charge >= 0.3 is 0 Å².